The van der Waals surface area contributed by atoms with Crippen LogP contribution >= 0.6 is 0 Å². The van der Waals surface area contributed by atoms with Gasteiger partial charge in [-0.25, -0.2) is 4.39 Å². The monoisotopic (exact) mass is 278 g/mol. The third-order valence-corrected chi connectivity index (χ3v) is 2.01. The quantitative estimate of drug-likeness (QED) is 0.738. The van der Waals surface area contributed by atoms with Crippen LogP contribution in [0.25, 0.3) is 0 Å². The smallest absolute Gasteiger partial charge is 0.439 e. The van der Waals surface area contributed by atoms with Crippen molar-refractivity contribution in [2.24, 2.45) is 0 Å². The molecule has 1 heterocycles. The lowest BCUT2D eigenvalue weighted by molar-refractivity contribution is -0.354. The van der Waals surface area contributed by atoms with Crippen molar-refractivity contribution in [2.75, 3.05) is 0 Å². The molecule has 18 heavy (non-hydrogen) atoms. The van der Waals surface area contributed by atoms with Crippen LogP contribution in [0.5, 0.6) is 0 Å². The van der Waals surface area contributed by atoms with Crippen molar-refractivity contribution in [1.82, 2.24) is 0 Å². The molecular formula is C9H5F7O2. The number of alkyl halides is 7. The van der Waals surface area contributed by atoms with Crippen molar-refractivity contribution in [1.29, 1.82) is 0 Å². The number of hydrogen-bond acceptors (Lipinski definition) is 2. The Morgan fingerprint density at radius 2 is 1.39 bits per heavy atom. The molecule has 1 rings (SSSR count). The zero-order valence-corrected chi connectivity index (χ0v) is 8.62. The minimum Gasteiger partial charge on any atom is -0.462 e. The van der Waals surface area contributed by atoms with Crippen LogP contribution in [0, 0.1) is 6.92 Å². The molecule has 0 aliphatic carbocycles. The van der Waals surface area contributed by atoms with Crippen LogP contribution in [-0.2, 0) is 5.67 Å². The highest BCUT2D eigenvalue weighted by Crippen LogP contribution is 2.52. The lowest BCUT2D eigenvalue weighted by Crippen LogP contribution is -2.50. The lowest BCUT2D eigenvalue weighted by atomic mass is 10.0. The van der Waals surface area contributed by atoms with Crippen LogP contribution in [0.2, 0.25) is 0 Å². The van der Waals surface area contributed by atoms with Gasteiger partial charge in [-0.3, -0.25) is 4.79 Å². The molecule has 0 atom stereocenters. The summed E-state index contributed by atoms with van der Waals surface area (Å²) in [6.45, 7) is 0.929. The maximum absolute atomic E-state index is 13.4. The summed E-state index contributed by atoms with van der Waals surface area (Å²) in [6.07, 6.45) is -12.6. The van der Waals surface area contributed by atoms with Crippen LogP contribution in [0.15, 0.2) is 21.3 Å². The Balaban J connectivity index is 3.60. The molecule has 9 heteroatoms. The molecule has 1 aromatic heterocycles. The van der Waals surface area contributed by atoms with Gasteiger partial charge in [0.15, 0.2) is 11.2 Å². The van der Waals surface area contributed by atoms with E-state index in [1.54, 1.807) is 0 Å². The average molecular weight is 278 g/mol. The van der Waals surface area contributed by atoms with Gasteiger partial charge in [-0.15, -0.1) is 0 Å². The zero-order chi connectivity index (χ0) is 14.4. The molecule has 0 aromatic carbocycles. The summed E-state index contributed by atoms with van der Waals surface area (Å²) in [7, 11) is 0. The van der Waals surface area contributed by atoms with Gasteiger partial charge in [-0.1, -0.05) is 0 Å². The van der Waals surface area contributed by atoms with Crippen molar-refractivity contribution in [3.8, 4) is 0 Å². The second kappa shape index (κ2) is 3.99. The Bertz CT molecular complexity index is 483. The first-order valence-corrected chi connectivity index (χ1v) is 4.34. The fraction of sp³-hybridized carbons (Fsp3) is 0.444. The van der Waals surface area contributed by atoms with Gasteiger partial charge in [0, 0.05) is 12.1 Å². The predicted octanol–water partition coefficient (Wildman–Crippen LogP) is 3.24. The topological polar surface area (TPSA) is 30.2 Å². The minimum atomic E-state index is -6.30. The Hall–Kier alpha value is -1.54. The van der Waals surface area contributed by atoms with Gasteiger partial charge in [0.05, 0.1) is 0 Å². The van der Waals surface area contributed by atoms with E-state index >= 15 is 0 Å². The summed E-state index contributed by atoms with van der Waals surface area (Å²) in [5.41, 5.74) is -6.94. The van der Waals surface area contributed by atoms with Crippen LogP contribution in [-0.4, -0.2) is 12.4 Å². The first-order chi connectivity index (χ1) is 7.89. The Morgan fingerprint density at radius 3 is 1.72 bits per heavy atom. The number of rotatable bonds is 1. The molecule has 0 bridgehead atoms. The van der Waals surface area contributed by atoms with Gasteiger partial charge >= 0.3 is 18.0 Å². The molecule has 102 valence electrons. The summed E-state index contributed by atoms with van der Waals surface area (Å²) in [5, 5.41) is 0. The molecule has 0 saturated heterocycles. The zero-order valence-electron chi connectivity index (χ0n) is 8.62. The van der Waals surface area contributed by atoms with Gasteiger partial charge in [0.25, 0.3) is 0 Å². The summed E-state index contributed by atoms with van der Waals surface area (Å²) in [6, 6.07) is 0.463. The fourth-order valence-corrected chi connectivity index (χ4v) is 1.21. The number of halogens is 7. The first-order valence-electron chi connectivity index (χ1n) is 4.34. The molecule has 0 unspecified atom stereocenters. The molecule has 0 radical (unpaired) electrons. The number of hydrogen-bond donors (Lipinski definition) is 0. The third kappa shape index (κ3) is 2.21. The summed E-state index contributed by atoms with van der Waals surface area (Å²) < 4.78 is 91.2. The second-order valence-electron chi connectivity index (χ2n) is 3.42. The van der Waals surface area contributed by atoms with Crippen molar-refractivity contribution in [3.05, 3.63) is 33.9 Å². The standard InChI is InChI=1S/C9H5F7O2/c1-4-2-5(17)3-6(18-4)7(10,8(11,12)13)9(14,15)16/h2-3H,1H3. The van der Waals surface area contributed by atoms with E-state index < -0.39 is 35.0 Å². The van der Waals surface area contributed by atoms with E-state index in [4.69, 9.17) is 0 Å². The molecule has 0 fully saturated rings. The molecular weight excluding hydrogens is 273 g/mol. The lowest BCUT2D eigenvalue weighted by Gasteiger charge is -2.28. The van der Waals surface area contributed by atoms with Crippen molar-refractivity contribution in [3.63, 3.8) is 0 Å². The van der Waals surface area contributed by atoms with Crippen LogP contribution in [0.3, 0.4) is 0 Å². The maximum atomic E-state index is 13.4. The van der Waals surface area contributed by atoms with Crippen molar-refractivity contribution >= 4 is 0 Å². The summed E-state index contributed by atoms with van der Waals surface area (Å²) in [5.74, 6) is -2.69. The van der Waals surface area contributed by atoms with Gasteiger partial charge in [0.1, 0.15) is 5.76 Å². The average Bonchev–Trinajstić information content (AvgIpc) is 2.11. The molecule has 0 spiro atoms. The molecule has 1 aromatic rings. The van der Waals surface area contributed by atoms with Crippen LogP contribution in [0.1, 0.15) is 11.5 Å². The second-order valence-corrected chi connectivity index (χ2v) is 3.42. The highest BCUT2D eigenvalue weighted by atomic mass is 19.4. The summed E-state index contributed by atoms with van der Waals surface area (Å²) in [4.78, 5) is 10.9. The molecule has 0 N–H and O–H groups in total. The van der Waals surface area contributed by atoms with Gasteiger partial charge in [0.2, 0.25) is 0 Å². The van der Waals surface area contributed by atoms with E-state index in [-0.39, 0.29) is 6.07 Å². The molecule has 0 aliphatic rings. The van der Waals surface area contributed by atoms with E-state index in [0.717, 1.165) is 6.92 Å². The largest absolute Gasteiger partial charge is 0.462 e. The van der Waals surface area contributed by atoms with Gasteiger partial charge in [-0.05, 0) is 6.92 Å². The normalized spacial score (nSPS) is 13.8. The van der Waals surface area contributed by atoms with E-state index in [1.807, 2.05) is 0 Å². The van der Waals surface area contributed by atoms with Gasteiger partial charge < -0.3 is 4.42 Å². The molecule has 0 aliphatic heterocycles. The van der Waals surface area contributed by atoms with E-state index in [9.17, 15) is 35.5 Å². The van der Waals surface area contributed by atoms with Crippen LogP contribution < -0.4 is 5.43 Å². The van der Waals surface area contributed by atoms with E-state index in [2.05, 4.69) is 4.42 Å². The molecule has 0 saturated carbocycles. The molecule has 0 amide bonds. The minimum absolute atomic E-state index is 0.173. The number of aryl methyl sites for hydroxylation is 1. The molecule has 2 nitrogen and oxygen atoms in total. The predicted molar refractivity (Wildman–Crippen MR) is 44.6 cm³/mol. The Kier molecular flexibility index (Phi) is 3.22. The Labute approximate surface area is 95.0 Å². The highest BCUT2D eigenvalue weighted by molar-refractivity contribution is 5.17. The van der Waals surface area contributed by atoms with Crippen molar-refractivity contribution < 1.29 is 35.2 Å². The van der Waals surface area contributed by atoms with E-state index in [0.29, 0.717) is 6.07 Å². The SMILES string of the molecule is Cc1cc(=O)cc(C(F)(C(F)(F)F)C(F)(F)F)o1. The maximum Gasteiger partial charge on any atom is 0.439 e. The Morgan fingerprint density at radius 1 is 0.944 bits per heavy atom. The van der Waals surface area contributed by atoms with Gasteiger partial charge in [-0.2, -0.15) is 26.3 Å². The highest BCUT2D eigenvalue weighted by Gasteiger charge is 2.75. The van der Waals surface area contributed by atoms with Crippen molar-refractivity contribution in [2.45, 2.75) is 24.9 Å². The van der Waals surface area contributed by atoms with Crippen LogP contribution in [0.4, 0.5) is 30.7 Å². The third-order valence-electron chi connectivity index (χ3n) is 2.01. The van der Waals surface area contributed by atoms with E-state index in [1.165, 1.54) is 0 Å². The summed E-state index contributed by atoms with van der Waals surface area (Å²) >= 11 is 0. The fourth-order valence-electron chi connectivity index (χ4n) is 1.21. The first kappa shape index (κ1) is 14.5.